The molecule has 2 heteroatoms. The molecule has 0 spiro atoms. The molecule has 0 bridgehead atoms. The van der Waals surface area contributed by atoms with Crippen LogP contribution in [0.3, 0.4) is 0 Å². The van der Waals surface area contributed by atoms with Crippen LogP contribution < -0.4 is 0 Å². The fraction of sp³-hybridized carbons (Fsp3) is 0.562. The van der Waals surface area contributed by atoms with Gasteiger partial charge in [-0.15, -0.1) is 0 Å². The lowest BCUT2D eigenvalue weighted by atomic mass is 9.85. The molecular formula is C16H24O2. The molecule has 0 saturated heterocycles. The molecule has 1 N–H and O–H groups in total. The molecule has 0 aliphatic heterocycles. The normalized spacial score (nSPS) is 13.3. The van der Waals surface area contributed by atoms with Gasteiger partial charge in [0.15, 0.2) is 0 Å². The Morgan fingerprint density at radius 2 is 1.89 bits per heavy atom. The second-order valence-electron chi connectivity index (χ2n) is 6.20. The van der Waals surface area contributed by atoms with Crippen molar-refractivity contribution in [3.63, 3.8) is 0 Å². The third kappa shape index (κ3) is 4.52. The zero-order chi connectivity index (χ0) is 13.8. The molecule has 0 aliphatic rings. The smallest absolute Gasteiger partial charge is 0.310 e. The lowest BCUT2D eigenvalue weighted by Gasteiger charge is -2.20. The van der Waals surface area contributed by atoms with Crippen LogP contribution in [0.4, 0.5) is 0 Å². The average molecular weight is 248 g/mol. The highest BCUT2D eigenvalue weighted by molar-refractivity contribution is 5.76. The molecule has 2 nitrogen and oxygen atoms in total. The molecule has 1 aromatic carbocycles. The summed E-state index contributed by atoms with van der Waals surface area (Å²) in [5.74, 6) is -1.08. The van der Waals surface area contributed by atoms with Gasteiger partial charge in [-0.3, -0.25) is 4.79 Å². The summed E-state index contributed by atoms with van der Waals surface area (Å²) in [6.45, 7) is 8.55. The lowest BCUT2D eigenvalue weighted by Crippen LogP contribution is -2.14. The van der Waals surface area contributed by atoms with E-state index in [1.807, 2.05) is 31.2 Å². The maximum Gasteiger partial charge on any atom is 0.310 e. The Hall–Kier alpha value is -1.31. The van der Waals surface area contributed by atoms with E-state index in [0.29, 0.717) is 0 Å². The molecule has 0 radical (unpaired) electrons. The first-order valence-corrected chi connectivity index (χ1v) is 6.59. The van der Waals surface area contributed by atoms with Crippen LogP contribution >= 0.6 is 0 Å². The fourth-order valence-electron chi connectivity index (χ4n) is 2.23. The van der Waals surface area contributed by atoms with Crippen LogP contribution in [-0.4, -0.2) is 11.1 Å². The SMILES string of the molecule is Cc1ccccc1C(CCCC(C)(C)C)C(=O)O. The third-order valence-corrected chi connectivity index (χ3v) is 3.28. The first kappa shape index (κ1) is 14.7. The van der Waals surface area contributed by atoms with Crippen molar-refractivity contribution in [2.75, 3.05) is 0 Å². The number of aryl methyl sites for hydroxylation is 1. The van der Waals surface area contributed by atoms with Crippen molar-refractivity contribution in [1.82, 2.24) is 0 Å². The molecule has 0 saturated carbocycles. The second-order valence-corrected chi connectivity index (χ2v) is 6.20. The summed E-state index contributed by atoms with van der Waals surface area (Å²) >= 11 is 0. The predicted molar refractivity (Wildman–Crippen MR) is 74.9 cm³/mol. The lowest BCUT2D eigenvalue weighted by molar-refractivity contribution is -0.139. The number of benzene rings is 1. The summed E-state index contributed by atoms with van der Waals surface area (Å²) < 4.78 is 0. The van der Waals surface area contributed by atoms with E-state index >= 15 is 0 Å². The minimum atomic E-state index is -0.710. The van der Waals surface area contributed by atoms with Gasteiger partial charge in [-0.05, 0) is 36.3 Å². The molecule has 1 aromatic rings. The van der Waals surface area contributed by atoms with Gasteiger partial charge in [0.25, 0.3) is 0 Å². The van der Waals surface area contributed by atoms with Crippen molar-refractivity contribution in [3.8, 4) is 0 Å². The first-order chi connectivity index (χ1) is 8.31. The predicted octanol–water partition coefficient (Wildman–Crippen LogP) is 4.38. The zero-order valence-corrected chi connectivity index (χ0v) is 11.9. The van der Waals surface area contributed by atoms with Crippen molar-refractivity contribution < 1.29 is 9.90 Å². The molecule has 0 amide bonds. The second kappa shape index (κ2) is 6.03. The Morgan fingerprint density at radius 3 is 2.39 bits per heavy atom. The minimum absolute atomic E-state index is 0.273. The van der Waals surface area contributed by atoms with Crippen LogP contribution in [0.15, 0.2) is 24.3 Å². The molecule has 1 atom stereocenters. The first-order valence-electron chi connectivity index (χ1n) is 6.59. The summed E-state index contributed by atoms with van der Waals surface area (Å²) in [6.07, 6.45) is 2.73. The van der Waals surface area contributed by atoms with Crippen molar-refractivity contribution in [3.05, 3.63) is 35.4 Å². The molecule has 1 unspecified atom stereocenters. The van der Waals surface area contributed by atoms with Crippen LogP contribution in [0, 0.1) is 12.3 Å². The Morgan fingerprint density at radius 1 is 1.28 bits per heavy atom. The summed E-state index contributed by atoms with van der Waals surface area (Å²) in [5, 5.41) is 9.38. The highest BCUT2D eigenvalue weighted by Gasteiger charge is 2.22. The van der Waals surface area contributed by atoms with E-state index in [2.05, 4.69) is 20.8 Å². The summed E-state index contributed by atoms with van der Waals surface area (Å²) in [7, 11) is 0. The number of rotatable bonds is 5. The largest absolute Gasteiger partial charge is 0.481 e. The highest BCUT2D eigenvalue weighted by atomic mass is 16.4. The Kier molecular flexibility index (Phi) is 4.94. The Balaban J connectivity index is 2.73. The van der Waals surface area contributed by atoms with E-state index in [1.54, 1.807) is 0 Å². The van der Waals surface area contributed by atoms with Gasteiger partial charge in [0.2, 0.25) is 0 Å². The maximum atomic E-state index is 11.4. The third-order valence-electron chi connectivity index (χ3n) is 3.28. The number of hydrogen-bond acceptors (Lipinski definition) is 1. The van der Waals surface area contributed by atoms with Crippen LogP contribution in [-0.2, 0) is 4.79 Å². The van der Waals surface area contributed by atoms with Gasteiger partial charge in [0.1, 0.15) is 0 Å². The van der Waals surface area contributed by atoms with E-state index in [-0.39, 0.29) is 11.3 Å². The molecule has 1 rings (SSSR count). The quantitative estimate of drug-likeness (QED) is 0.839. The number of carboxylic acids is 1. The fourth-order valence-corrected chi connectivity index (χ4v) is 2.23. The molecule has 0 aromatic heterocycles. The van der Waals surface area contributed by atoms with Crippen molar-refractivity contribution >= 4 is 5.97 Å². The topological polar surface area (TPSA) is 37.3 Å². The number of hydrogen-bond donors (Lipinski definition) is 1. The van der Waals surface area contributed by atoms with Crippen molar-refractivity contribution in [1.29, 1.82) is 0 Å². The van der Waals surface area contributed by atoms with Gasteiger partial charge in [-0.1, -0.05) is 51.5 Å². The van der Waals surface area contributed by atoms with E-state index in [0.717, 1.165) is 30.4 Å². The monoisotopic (exact) mass is 248 g/mol. The van der Waals surface area contributed by atoms with E-state index < -0.39 is 5.97 Å². The molecule has 0 fully saturated rings. The number of aliphatic carboxylic acids is 1. The molecule has 0 aliphatic carbocycles. The molecule has 0 heterocycles. The van der Waals surface area contributed by atoms with E-state index in [1.165, 1.54) is 0 Å². The molecule has 100 valence electrons. The highest BCUT2D eigenvalue weighted by Crippen LogP contribution is 2.29. The van der Waals surface area contributed by atoms with Gasteiger partial charge in [-0.2, -0.15) is 0 Å². The zero-order valence-electron chi connectivity index (χ0n) is 11.9. The molecule has 18 heavy (non-hydrogen) atoms. The van der Waals surface area contributed by atoms with Gasteiger partial charge in [-0.25, -0.2) is 0 Å². The average Bonchev–Trinajstić information content (AvgIpc) is 2.24. The van der Waals surface area contributed by atoms with Gasteiger partial charge >= 0.3 is 5.97 Å². The number of carbonyl (C=O) groups is 1. The van der Waals surface area contributed by atoms with Crippen molar-refractivity contribution in [2.24, 2.45) is 5.41 Å². The number of carboxylic acid groups (broad SMARTS) is 1. The summed E-state index contributed by atoms with van der Waals surface area (Å²) in [6, 6.07) is 7.79. The summed E-state index contributed by atoms with van der Waals surface area (Å²) in [5.41, 5.74) is 2.30. The van der Waals surface area contributed by atoms with Gasteiger partial charge < -0.3 is 5.11 Å². The van der Waals surface area contributed by atoms with E-state index in [9.17, 15) is 9.90 Å². The van der Waals surface area contributed by atoms with Crippen LogP contribution in [0.2, 0.25) is 0 Å². The van der Waals surface area contributed by atoms with Gasteiger partial charge in [0.05, 0.1) is 5.92 Å². The van der Waals surface area contributed by atoms with Crippen LogP contribution in [0.5, 0.6) is 0 Å². The van der Waals surface area contributed by atoms with E-state index in [4.69, 9.17) is 0 Å². The Bertz CT molecular complexity index is 402. The Labute approximate surface area is 110 Å². The minimum Gasteiger partial charge on any atom is -0.481 e. The van der Waals surface area contributed by atoms with Crippen molar-refractivity contribution in [2.45, 2.75) is 52.9 Å². The van der Waals surface area contributed by atoms with Gasteiger partial charge in [0, 0.05) is 0 Å². The van der Waals surface area contributed by atoms with Crippen LogP contribution in [0.25, 0.3) is 0 Å². The van der Waals surface area contributed by atoms with Crippen LogP contribution in [0.1, 0.15) is 57.1 Å². The summed E-state index contributed by atoms with van der Waals surface area (Å²) in [4.78, 5) is 11.4. The standard InChI is InChI=1S/C16H24O2/c1-12-8-5-6-9-13(12)14(15(17)18)10-7-11-16(2,3)4/h5-6,8-9,14H,7,10-11H2,1-4H3,(H,17,18). The maximum absolute atomic E-state index is 11.4. The molecular weight excluding hydrogens is 224 g/mol.